The van der Waals surface area contributed by atoms with Gasteiger partial charge >= 0.3 is 11.9 Å². The van der Waals surface area contributed by atoms with Crippen LogP contribution in [0.2, 0.25) is 0 Å². The van der Waals surface area contributed by atoms with Crippen molar-refractivity contribution in [1.29, 1.82) is 0 Å². The Labute approximate surface area is 125 Å². The summed E-state index contributed by atoms with van der Waals surface area (Å²) in [4.78, 5) is 23.0. The standard InChI is InChI=1S/C17H22O4/c1-10-5-7-14-12(3)17(19)21-16(14)9-11(2)15(8-6-10)20-13(4)18/h6,9,14-16H,3,5,7-8H2,1-2,4H3/b10-6-,11-9-/t14-,15+,16+/m0/s1. The molecule has 0 radical (unpaired) electrons. The molecule has 4 heteroatoms. The molecule has 1 fully saturated rings. The number of hydrogen-bond acceptors (Lipinski definition) is 4. The highest BCUT2D eigenvalue weighted by Crippen LogP contribution is 2.34. The summed E-state index contributed by atoms with van der Waals surface area (Å²) in [6.07, 6.45) is 5.79. The van der Waals surface area contributed by atoms with Gasteiger partial charge in [0.15, 0.2) is 0 Å². The first kappa shape index (κ1) is 15.5. The molecule has 0 aromatic heterocycles. The second kappa shape index (κ2) is 6.29. The van der Waals surface area contributed by atoms with Crippen molar-refractivity contribution in [2.24, 2.45) is 5.92 Å². The smallest absolute Gasteiger partial charge is 0.334 e. The topological polar surface area (TPSA) is 52.6 Å². The molecule has 0 saturated carbocycles. The van der Waals surface area contributed by atoms with Crippen molar-refractivity contribution in [3.63, 3.8) is 0 Å². The van der Waals surface area contributed by atoms with Crippen molar-refractivity contribution in [3.8, 4) is 0 Å². The van der Waals surface area contributed by atoms with E-state index in [9.17, 15) is 9.59 Å². The number of carbonyl (C=O) groups excluding carboxylic acids is 2. The van der Waals surface area contributed by atoms with Crippen LogP contribution in [0, 0.1) is 5.92 Å². The summed E-state index contributed by atoms with van der Waals surface area (Å²) in [7, 11) is 0. The first-order chi connectivity index (χ1) is 9.88. The minimum atomic E-state index is -0.320. The molecule has 0 unspecified atom stereocenters. The Morgan fingerprint density at radius 2 is 2.14 bits per heavy atom. The highest BCUT2D eigenvalue weighted by atomic mass is 16.6. The highest BCUT2D eigenvalue weighted by molar-refractivity contribution is 5.91. The maximum atomic E-state index is 11.7. The maximum Gasteiger partial charge on any atom is 0.334 e. The minimum absolute atomic E-state index is 0.00637. The van der Waals surface area contributed by atoms with Gasteiger partial charge in [-0.15, -0.1) is 0 Å². The molecule has 2 aliphatic rings. The SMILES string of the molecule is C=C1C(=O)O[C@@H]2/C=C(/C)[C@H](OC(C)=O)C/C=C(/C)CC[C@@H]12. The van der Waals surface area contributed by atoms with Gasteiger partial charge < -0.3 is 9.47 Å². The van der Waals surface area contributed by atoms with Gasteiger partial charge in [0.2, 0.25) is 0 Å². The molecular formula is C17H22O4. The summed E-state index contributed by atoms with van der Waals surface area (Å²) in [5.74, 6) is -0.619. The number of hydrogen-bond donors (Lipinski definition) is 0. The normalized spacial score (nSPS) is 34.9. The average Bonchev–Trinajstić information content (AvgIpc) is 2.66. The van der Waals surface area contributed by atoms with Gasteiger partial charge in [-0.2, -0.15) is 0 Å². The van der Waals surface area contributed by atoms with Crippen molar-refractivity contribution < 1.29 is 19.1 Å². The number of ether oxygens (including phenoxy) is 2. The maximum absolute atomic E-state index is 11.7. The first-order valence-electron chi connectivity index (χ1n) is 7.29. The molecular weight excluding hydrogens is 268 g/mol. The Kier molecular flexibility index (Phi) is 4.66. The Morgan fingerprint density at radius 3 is 2.81 bits per heavy atom. The summed E-state index contributed by atoms with van der Waals surface area (Å²) in [6.45, 7) is 9.22. The van der Waals surface area contributed by atoms with Crippen LogP contribution in [0.1, 0.15) is 40.0 Å². The van der Waals surface area contributed by atoms with E-state index < -0.39 is 0 Å². The van der Waals surface area contributed by atoms with Crippen LogP contribution in [0.25, 0.3) is 0 Å². The van der Waals surface area contributed by atoms with E-state index in [0.29, 0.717) is 12.0 Å². The van der Waals surface area contributed by atoms with Crippen LogP contribution in [-0.2, 0) is 19.1 Å². The lowest BCUT2D eigenvalue weighted by atomic mass is 9.87. The zero-order valence-corrected chi connectivity index (χ0v) is 12.8. The quantitative estimate of drug-likeness (QED) is 0.423. The fourth-order valence-electron chi connectivity index (χ4n) is 2.81. The van der Waals surface area contributed by atoms with Gasteiger partial charge in [-0.25, -0.2) is 4.79 Å². The monoisotopic (exact) mass is 290 g/mol. The van der Waals surface area contributed by atoms with Crippen molar-refractivity contribution in [2.45, 2.75) is 52.2 Å². The van der Waals surface area contributed by atoms with Gasteiger partial charge in [0.25, 0.3) is 0 Å². The molecule has 0 N–H and O–H groups in total. The number of rotatable bonds is 1. The molecule has 0 spiro atoms. The second-order valence-electron chi connectivity index (χ2n) is 5.84. The van der Waals surface area contributed by atoms with Crippen molar-refractivity contribution >= 4 is 11.9 Å². The summed E-state index contributed by atoms with van der Waals surface area (Å²) in [5, 5.41) is 0. The summed E-state index contributed by atoms with van der Waals surface area (Å²) in [5.41, 5.74) is 2.68. The molecule has 21 heavy (non-hydrogen) atoms. The fraction of sp³-hybridized carbons (Fsp3) is 0.529. The molecule has 1 saturated heterocycles. The molecule has 4 nitrogen and oxygen atoms in total. The lowest BCUT2D eigenvalue weighted by Gasteiger charge is -2.22. The van der Waals surface area contributed by atoms with Gasteiger partial charge in [-0.3, -0.25) is 4.79 Å². The fourth-order valence-corrected chi connectivity index (χ4v) is 2.81. The van der Waals surface area contributed by atoms with Crippen LogP contribution in [0.5, 0.6) is 0 Å². The Morgan fingerprint density at radius 1 is 1.43 bits per heavy atom. The van der Waals surface area contributed by atoms with E-state index in [1.165, 1.54) is 12.5 Å². The molecule has 0 aromatic rings. The predicted octanol–water partition coefficient (Wildman–Crippen LogP) is 3.09. The summed E-state index contributed by atoms with van der Waals surface area (Å²) < 4.78 is 10.8. The minimum Gasteiger partial charge on any atom is -0.458 e. The van der Waals surface area contributed by atoms with Crippen molar-refractivity contribution in [3.05, 3.63) is 35.5 Å². The second-order valence-corrected chi connectivity index (χ2v) is 5.84. The lowest BCUT2D eigenvalue weighted by Crippen LogP contribution is -2.22. The first-order valence-corrected chi connectivity index (χ1v) is 7.29. The Hall–Kier alpha value is -1.84. The molecule has 0 aromatic carbocycles. The van der Waals surface area contributed by atoms with Crippen LogP contribution in [0.15, 0.2) is 35.5 Å². The van der Waals surface area contributed by atoms with E-state index in [4.69, 9.17) is 9.47 Å². The van der Waals surface area contributed by atoms with Crippen LogP contribution < -0.4 is 0 Å². The third-order valence-corrected chi connectivity index (χ3v) is 4.12. The number of allylic oxidation sites excluding steroid dienone is 1. The molecule has 114 valence electrons. The zero-order chi connectivity index (χ0) is 15.6. The number of fused-ring (bicyclic) bond motifs is 1. The molecule has 0 amide bonds. The average molecular weight is 290 g/mol. The van der Waals surface area contributed by atoms with Gasteiger partial charge in [-0.1, -0.05) is 18.2 Å². The zero-order valence-electron chi connectivity index (χ0n) is 12.8. The van der Waals surface area contributed by atoms with E-state index in [2.05, 4.69) is 19.6 Å². The van der Waals surface area contributed by atoms with Gasteiger partial charge in [0.1, 0.15) is 12.2 Å². The van der Waals surface area contributed by atoms with Crippen LogP contribution >= 0.6 is 0 Å². The van der Waals surface area contributed by atoms with Crippen molar-refractivity contribution in [1.82, 2.24) is 0 Å². The van der Waals surface area contributed by atoms with Gasteiger partial charge in [0.05, 0.1) is 0 Å². The third-order valence-electron chi connectivity index (χ3n) is 4.12. The third kappa shape index (κ3) is 3.63. The van der Waals surface area contributed by atoms with E-state index in [1.807, 2.05) is 13.0 Å². The van der Waals surface area contributed by atoms with Gasteiger partial charge in [0, 0.05) is 24.8 Å². The molecule has 0 bridgehead atoms. The van der Waals surface area contributed by atoms with Crippen LogP contribution in [0.3, 0.4) is 0 Å². The number of carbonyl (C=O) groups is 2. The van der Waals surface area contributed by atoms with Crippen molar-refractivity contribution in [2.75, 3.05) is 0 Å². The predicted molar refractivity (Wildman–Crippen MR) is 79.4 cm³/mol. The molecule has 1 heterocycles. The lowest BCUT2D eigenvalue weighted by molar-refractivity contribution is -0.144. The van der Waals surface area contributed by atoms with E-state index in [0.717, 1.165) is 18.4 Å². The summed E-state index contributed by atoms with van der Waals surface area (Å²) in [6, 6.07) is 0. The Bertz CT molecular complexity index is 527. The molecule has 1 aliphatic carbocycles. The van der Waals surface area contributed by atoms with E-state index in [1.54, 1.807) is 0 Å². The largest absolute Gasteiger partial charge is 0.458 e. The summed E-state index contributed by atoms with van der Waals surface area (Å²) >= 11 is 0. The highest BCUT2D eigenvalue weighted by Gasteiger charge is 2.37. The van der Waals surface area contributed by atoms with Gasteiger partial charge in [-0.05, 0) is 38.3 Å². The Balaban J connectivity index is 2.31. The molecule has 2 rings (SSSR count). The molecule has 3 atom stereocenters. The van der Waals surface area contributed by atoms with E-state index >= 15 is 0 Å². The number of esters is 2. The van der Waals surface area contributed by atoms with E-state index in [-0.39, 0.29) is 30.1 Å². The molecule has 1 aliphatic heterocycles. The van der Waals surface area contributed by atoms with Crippen LogP contribution in [0.4, 0.5) is 0 Å². The van der Waals surface area contributed by atoms with Crippen LogP contribution in [-0.4, -0.2) is 24.1 Å².